The molecule has 6 heteroatoms. The average Bonchev–Trinajstić information content (AvgIpc) is 3.16. The van der Waals surface area contributed by atoms with Crippen LogP contribution in [0.4, 0.5) is 0 Å². The highest BCUT2D eigenvalue weighted by Gasteiger charge is 2.15. The molecule has 27 heavy (non-hydrogen) atoms. The number of carbonyl (C=O) groups is 1. The van der Waals surface area contributed by atoms with Gasteiger partial charge in [-0.25, -0.2) is 0 Å². The molecule has 3 aromatic rings. The second-order valence-electron chi connectivity index (χ2n) is 6.25. The van der Waals surface area contributed by atoms with Crippen LogP contribution in [0.2, 0.25) is 5.02 Å². The van der Waals surface area contributed by atoms with Crippen molar-refractivity contribution in [3.63, 3.8) is 0 Å². The Labute approximate surface area is 164 Å². The maximum absolute atomic E-state index is 12.9. The molecule has 0 atom stereocenters. The predicted octanol–water partition coefficient (Wildman–Crippen LogP) is 4.26. The first-order chi connectivity index (χ1) is 13.1. The normalized spacial score (nSPS) is 10.6. The first kappa shape index (κ1) is 19.0. The molecule has 0 fully saturated rings. The molecule has 1 amide bonds. The molecule has 1 aromatic heterocycles. The Kier molecular flexibility index (Phi) is 6.14. The van der Waals surface area contributed by atoms with Gasteiger partial charge in [-0.05, 0) is 48.9 Å². The van der Waals surface area contributed by atoms with Crippen LogP contribution in [0.1, 0.15) is 28.4 Å². The Hall–Kier alpha value is -2.79. The Morgan fingerprint density at radius 2 is 2.07 bits per heavy atom. The van der Waals surface area contributed by atoms with E-state index in [9.17, 15) is 4.79 Å². The number of halogens is 1. The van der Waals surface area contributed by atoms with Crippen molar-refractivity contribution in [1.82, 2.24) is 14.7 Å². The molecule has 0 spiro atoms. The number of carbonyl (C=O) groups excluding carboxylic acids is 1. The monoisotopic (exact) mass is 383 g/mol. The summed E-state index contributed by atoms with van der Waals surface area (Å²) in [4.78, 5) is 14.6. The molecule has 0 saturated heterocycles. The van der Waals surface area contributed by atoms with Crippen LogP contribution >= 0.6 is 11.6 Å². The van der Waals surface area contributed by atoms with Crippen LogP contribution in [-0.2, 0) is 13.1 Å². The van der Waals surface area contributed by atoms with Gasteiger partial charge >= 0.3 is 0 Å². The van der Waals surface area contributed by atoms with Gasteiger partial charge in [0.25, 0.3) is 5.91 Å². The molecule has 0 unspecified atom stereocenters. The van der Waals surface area contributed by atoms with E-state index in [4.69, 9.17) is 16.3 Å². The molecule has 0 aliphatic carbocycles. The van der Waals surface area contributed by atoms with Crippen molar-refractivity contribution in [2.24, 2.45) is 0 Å². The summed E-state index contributed by atoms with van der Waals surface area (Å²) in [6, 6.07) is 15.0. The first-order valence-electron chi connectivity index (χ1n) is 8.80. The highest BCUT2D eigenvalue weighted by molar-refractivity contribution is 6.30. The second-order valence-corrected chi connectivity index (χ2v) is 6.69. The summed E-state index contributed by atoms with van der Waals surface area (Å²) in [5.74, 6) is 0.689. The third-order valence-electron chi connectivity index (χ3n) is 4.15. The molecular formula is C21H22ClN3O2. The lowest BCUT2D eigenvalue weighted by Crippen LogP contribution is -2.26. The van der Waals surface area contributed by atoms with E-state index >= 15 is 0 Å². The van der Waals surface area contributed by atoms with Gasteiger partial charge < -0.3 is 9.64 Å². The van der Waals surface area contributed by atoms with Gasteiger partial charge in [0, 0.05) is 42.1 Å². The van der Waals surface area contributed by atoms with Gasteiger partial charge in [-0.2, -0.15) is 5.10 Å². The number of hydrogen-bond acceptors (Lipinski definition) is 3. The van der Waals surface area contributed by atoms with Crippen LogP contribution in [-0.4, -0.2) is 34.2 Å². The van der Waals surface area contributed by atoms with E-state index < -0.39 is 0 Å². The van der Waals surface area contributed by atoms with E-state index in [0.717, 1.165) is 16.9 Å². The predicted molar refractivity (Wildman–Crippen MR) is 106 cm³/mol. The third kappa shape index (κ3) is 4.89. The van der Waals surface area contributed by atoms with Crippen molar-refractivity contribution in [1.29, 1.82) is 0 Å². The molecule has 0 N–H and O–H groups in total. The highest BCUT2D eigenvalue weighted by atomic mass is 35.5. The van der Waals surface area contributed by atoms with Crippen molar-refractivity contribution >= 4 is 17.5 Å². The molecule has 0 aliphatic rings. The second kappa shape index (κ2) is 8.73. The van der Waals surface area contributed by atoms with E-state index in [2.05, 4.69) is 5.10 Å². The van der Waals surface area contributed by atoms with E-state index in [-0.39, 0.29) is 5.91 Å². The minimum absolute atomic E-state index is 0.0558. The zero-order chi connectivity index (χ0) is 19.2. The largest absolute Gasteiger partial charge is 0.494 e. The molecule has 2 aromatic carbocycles. The average molecular weight is 384 g/mol. The molecule has 0 radical (unpaired) electrons. The molecule has 0 bridgehead atoms. The Morgan fingerprint density at radius 3 is 2.81 bits per heavy atom. The maximum Gasteiger partial charge on any atom is 0.253 e. The Balaban J connectivity index is 1.75. The lowest BCUT2D eigenvalue weighted by atomic mass is 10.1. The third-order valence-corrected chi connectivity index (χ3v) is 4.39. The van der Waals surface area contributed by atoms with Crippen LogP contribution in [0, 0.1) is 0 Å². The molecule has 140 valence electrons. The van der Waals surface area contributed by atoms with Gasteiger partial charge in [-0.3, -0.25) is 9.48 Å². The zero-order valence-corrected chi connectivity index (χ0v) is 16.2. The number of benzene rings is 2. The van der Waals surface area contributed by atoms with Gasteiger partial charge in [0.1, 0.15) is 5.75 Å². The topological polar surface area (TPSA) is 47.4 Å². The van der Waals surface area contributed by atoms with Crippen LogP contribution in [0.15, 0.2) is 60.9 Å². The number of nitrogens with zero attached hydrogens (tertiary/aromatic N) is 3. The summed E-state index contributed by atoms with van der Waals surface area (Å²) in [7, 11) is 1.78. The number of amides is 1. The number of rotatable bonds is 7. The number of aromatic nitrogens is 2. The minimum Gasteiger partial charge on any atom is -0.494 e. The number of hydrogen-bond donors (Lipinski definition) is 0. The van der Waals surface area contributed by atoms with E-state index in [1.165, 1.54) is 0 Å². The standard InChI is InChI=1S/C21H22ClN3O2/c1-3-27-20-9-8-19(22)13-18(20)15-24(2)21(26)17-7-4-6-16(12-17)14-25-11-5-10-23-25/h4-13H,3,14-15H2,1-2H3. The van der Waals surface area contributed by atoms with Gasteiger partial charge in [0.15, 0.2) is 0 Å². The molecular weight excluding hydrogens is 362 g/mol. The Bertz CT molecular complexity index is 910. The van der Waals surface area contributed by atoms with Crippen LogP contribution < -0.4 is 4.74 Å². The van der Waals surface area contributed by atoms with Crippen molar-refractivity contribution in [2.75, 3.05) is 13.7 Å². The molecule has 5 nitrogen and oxygen atoms in total. The lowest BCUT2D eigenvalue weighted by molar-refractivity contribution is 0.0784. The fraction of sp³-hybridized carbons (Fsp3) is 0.238. The SMILES string of the molecule is CCOc1ccc(Cl)cc1CN(C)C(=O)c1cccc(Cn2cccn2)c1. The minimum atomic E-state index is -0.0558. The summed E-state index contributed by atoms with van der Waals surface area (Å²) in [6.07, 6.45) is 3.64. The maximum atomic E-state index is 12.9. The van der Waals surface area contributed by atoms with Gasteiger partial charge in [0.05, 0.1) is 13.2 Å². The fourth-order valence-corrected chi connectivity index (χ4v) is 3.09. The molecule has 0 saturated carbocycles. The Morgan fingerprint density at radius 1 is 1.22 bits per heavy atom. The summed E-state index contributed by atoms with van der Waals surface area (Å²) < 4.78 is 7.48. The summed E-state index contributed by atoms with van der Waals surface area (Å²) in [6.45, 7) is 3.53. The van der Waals surface area contributed by atoms with Crippen molar-refractivity contribution in [3.05, 3.63) is 82.6 Å². The molecule has 3 rings (SSSR count). The summed E-state index contributed by atoms with van der Waals surface area (Å²) in [5, 5.41) is 4.83. The number of ether oxygens (including phenoxy) is 1. The van der Waals surface area contributed by atoms with Gasteiger partial charge in [0.2, 0.25) is 0 Å². The van der Waals surface area contributed by atoms with E-state index in [1.54, 1.807) is 24.2 Å². The summed E-state index contributed by atoms with van der Waals surface area (Å²) >= 11 is 6.12. The van der Waals surface area contributed by atoms with Crippen molar-refractivity contribution in [2.45, 2.75) is 20.0 Å². The quantitative estimate of drug-likeness (QED) is 0.612. The van der Waals surface area contributed by atoms with E-state index in [1.807, 2.05) is 60.3 Å². The fourth-order valence-electron chi connectivity index (χ4n) is 2.90. The smallest absolute Gasteiger partial charge is 0.253 e. The highest BCUT2D eigenvalue weighted by Crippen LogP contribution is 2.24. The van der Waals surface area contributed by atoms with Crippen LogP contribution in [0.3, 0.4) is 0 Å². The molecule has 1 heterocycles. The molecule has 0 aliphatic heterocycles. The lowest BCUT2D eigenvalue weighted by Gasteiger charge is -2.20. The van der Waals surface area contributed by atoms with Crippen molar-refractivity contribution < 1.29 is 9.53 Å². The van der Waals surface area contributed by atoms with Crippen LogP contribution in [0.25, 0.3) is 0 Å². The van der Waals surface area contributed by atoms with E-state index in [0.29, 0.717) is 30.3 Å². The van der Waals surface area contributed by atoms with Gasteiger partial charge in [-0.1, -0.05) is 23.7 Å². The van der Waals surface area contributed by atoms with Crippen LogP contribution in [0.5, 0.6) is 5.75 Å². The first-order valence-corrected chi connectivity index (χ1v) is 9.17. The summed E-state index contributed by atoms with van der Waals surface area (Å²) in [5.41, 5.74) is 2.55. The van der Waals surface area contributed by atoms with Crippen molar-refractivity contribution in [3.8, 4) is 5.75 Å². The zero-order valence-electron chi connectivity index (χ0n) is 15.4. The van der Waals surface area contributed by atoms with Gasteiger partial charge in [-0.15, -0.1) is 0 Å².